The van der Waals surface area contributed by atoms with Crippen LogP contribution in [0.15, 0.2) is 78.9 Å². The number of benzene rings is 3. The van der Waals surface area contributed by atoms with Crippen molar-refractivity contribution in [2.45, 2.75) is 84.3 Å². The lowest BCUT2D eigenvalue weighted by molar-refractivity contribution is -0.162. The molecule has 1 aliphatic carbocycles. The number of amides is 2. The topological polar surface area (TPSA) is 120 Å². The van der Waals surface area contributed by atoms with Gasteiger partial charge in [0.1, 0.15) is 31.0 Å². The van der Waals surface area contributed by atoms with Gasteiger partial charge in [0.15, 0.2) is 6.04 Å². The molecule has 2 amide bonds. The van der Waals surface area contributed by atoms with Crippen molar-refractivity contribution in [3.8, 4) is 11.1 Å². The number of carbonyl (C=O) groups is 4. The molecule has 0 saturated heterocycles. The van der Waals surface area contributed by atoms with E-state index in [9.17, 15) is 19.2 Å². The first kappa shape index (κ1) is 36.0. The Bertz CT molecular complexity index is 1540. The lowest BCUT2D eigenvalue weighted by Gasteiger charge is -2.32. The predicted octanol–water partition coefficient (Wildman–Crippen LogP) is 6.85. The molecule has 4 atom stereocenters. The Labute approximate surface area is 282 Å². The number of nitrogens with zero attached hydrogens (tertiary/aromatic N) is 1. The monoisotopic (exact) mass is 658 g/mol. The van der Waals surface area contributed by atoms with Crippen LogP contribution in [-0.2, 0) is 35.1 Å². The zero-order valence-electron chi connectivity index (χ0n) is 28.7. The van der Waals surface area contributed by atoms with Crippen molar-refractivity contribution in [2.75, 3.05) is 13.7 Å². The average molecular weight is 659 g/mol. The Morgan fingerprint density at radius 3 is 1.94 bits per heavy atom. The molecule has 48 heavy (non-hydrogen) atoms. The molecule has 0 aliphatic heterocycles. The highest BCUT2D eigenvalue weighted by molar-refractivity contribution is 5.85. The van der Waals surface area contributed by atoms with Crippen LogP contribution >= 0.6 is 0 Å². The van der Waals surface area contributed by atoms with E-state index in [4.69, 9.17) is 18.9 Å². The Morgan fingerprint density at radius 2 is 1.38 bits per heavy atom. The van der Waals surface area contributed by atoms with Gasteiger partial charge >= 0.3 is 24.1 Å². The molecule has 0 fully saturated rings. The SMILES string of the molecule is CC[C@H](C)[C@@H](C(=O)O[C@H](C)[C@@H](NC(=O)OC(C)(C)C)C(=O)OCc1ccccc1)N(C)C(=O)OCC1c2ccccc2-c2ccccc21. The van der Waals surface area contributed by atoms with Gasteiger partial charge in [-0.25, -0.2) is 19.2 Å². The maximum Gasteiger partial charge on any atom is 0.410 e. The van der Waals surface area contributed by atoms with Crippen LogP contribution in [-0.4, -0.2) is 66.5 Å². The van der Waals surface area contributed by atoms with Crippen molar-refractivity contribution in [3.05, 3.63) is 95.6 Å². The molecule has 3 aromatic carbocycles. The summed E-state index contributed by atoms with van der Waals surface area (Å²) < 4.78 is 22.4. The number of ether oxygens (including phenoxy) is 4. The van der Waals surface area contributed by atoms with Crippen molar-refractivity contribution in [1.82, 2.24) is 10.2 Å². The van der Waals surface area contributed by atoms with E-state index >= 15 is 0 Å². The number of fused-ring (bicyclic) bond motifs is 3. The van der Waals surface area contributed by atoms with Crippen molar-refractivity contribution in [2.24, 2.45) is 5.92 Å². The number of hydrogen-bond acceptors (Lipinski definition) is 8. The Balaban J connectivity index is 1.46. The number of hydrogen-bond donors (Lipinski definition) is 1. The molecule has 10 heteroatoms. The van der Waals surface area contributed by atoms with Gasteiger partial charge < -0.3 is 24.3 Å². The highest BCUT2D eigenvalue weighted by Gasteiger charge is 2.39. The number of alkyl carbamates (subject to hydrolysis) is 1. The minimum absolute atomic E-state index is 0.0488. The summed E-state index contributed by atoms with van der Waals surface area (Å²) in [5.74, 6) is -2.03. The number of rotatable bonds is 12. The zero-order chi connectivity index (χ0) is 35.0. The molecule has 0 unspecified atom stereocenters. The molecule has 4 rings (SSSR count). The molecule has 0 aromatic heterocycles. The lowest BCUT2D eigenvalue weighted by atomic mass is 9.97. The second kappa shape index (κ2) is 15.8. The molecular formula is C38H46N2O8. The van der Waals surface area contributed by atoms with E-state index in [0.29, 0.717) is 6.42 Å². The molecule has 256 valence electrons. The maximum atomic E-state index is 13.7. The third-order valence-electron chi connectivity index (χ3n) is 8.39. The highest BCUT2D eigenvalue weighted by Crippen LogP contribution is 2.44. The van der Waals surface area contributed by atoms with Gasteiger partial charge in [0.25, 0.3) is 0 Å². The van der Waals surface area contributed by atoms with Gasteiger partial charge in [-0.15, -0.1) is 0 Å². The average Bonchev–Trinajstić information content (AvgIpc) is 3.38. The molecule has 1 aliphatic rings. The van der Waals surface area contributed by atoms with Gasteiger partial charge in [0.2, 0.25) is 0 Å². The summed E-state index contributed by atoms with van der Waals surface area (Å²) in [7, 11) is 1.49. The minimum Gasteiger partial charge on any atom is -0.459 e. The van der Waals surface area contributed by atoms with E-state index in [2.05, 4.69) is 17.4 Å². The van der Waals surface area contributed by atoms with Crippen molar-refractivity contribution in [3.63, 3.8) is 0 Å². The highest BCUT2D eigenvalue weighted by atomic mass is 16.6. The fourth-order valence-electron chi connectivity index (χ4n) is 5.75. The number of nitrogens with one attached hydrogen (secondary N) is 1. The van der Waals surface area contributed by atoms with Crippen LogP contribution in [0, 0.1) is 5.92 Å². The molecular weight excluding hydrogens is 612 g/mol. The van der Waals surface area contributed by atoms with Gasteiger partial charge in [-0.05, 0) is 61.4 Å². The predicted molar refractivity (Wildman–Crippen MR) is 181 cm³/mol. The Kier molecular flexibility index (Phi) is 11.9. The quantitative estimate of drug-likeness (QED) is 0.166. The first-order chi connectivity index (χ1) is 22.8. The minimum atomic E-state index is -1.38. The third-order valence-corrected chi connectivity index (χ3v) is 8.39. The Morgan fingerprint density at radius 1 is 0.812 bits per heavy atom. The second-order valence-corrected chi connectivity index (χ2v) is 13.1. The standard InChI is InChI=1S/C38H46N2O8/c1-8-24(2)33(40(7)37(44)46-23-31-29-20-14-12-18-27(29)28-19-13-15-21-30(28)31)35(42)47-25(3)32(39-36(43)48-38(4,5)6)34(41)45-22-26-16-10-9-11-17-26/h9-21,24-25,31-33H,8,22-23H2,1-7H3,(H,39,43)/t24-,25+,32+,33-/m0/s1. The summed E-state index contributed by atoms with van der Waals surface area (Å²) in [5, 5.41) is 2.50. The van der Waals surface area contributed by atoms with Crippen LogP contribution in [0.4, 0.5) is 9.59 Å². The molecule has 0 saturated carbocycles. The van der Waals surface area contributed by atoms with Gasteiger partial charge in [-0.1, -0.05) is 99.1 Å². The molecule has 1 N–H and O–H groups in total. The van der Waals surface area contributed by atoms with Crippen LogP contribution < -0.4 is 5.32 Å². The van der Waals surface area contributed by atoms with Crippen LogP contribution in [0.5, 0.6) is 0 Å². The van der Waals surface area contributed by atoms with E-state index in [1.54, 1.807) is 32.9 Å². The van der Waals surface area contributed by atoms with E-state index in [1.165, 1.54) is 18.9 Å². The summed E-state index contributed by atoms with van der Waals surface area (Å²) >= 11 is 0. The van der Waals surface area contributed by atoms with Gasteiger partial charge in [-0.2, -0.15) is 0 Å². The zero-order valence-corrected chi connectivity index (χ0v) is 28.7. The number of likely N-dealkylation sites (N-methyl/N-ethyl adjacent to an activating group) is 1. The van der Waals surface area contributed by atoms with E-state index in [0.717, 1.165) is 27.8 Å². The fraction of sp³-hybridized carbons (Fsp3) is 0.421. The smallest absolute Gasteiger partial charge is 0.410 e. The lowest BCUT2D eigenvalue weighted by Crippen LogP contribution is -2.53. The first-order valence-corrected chi connectivity index (χ1v) is 16.3. The van der Waals surface area contributed by atoms with Crippen LogP contribution in [0.3, 0.4) is 0 Å². The molecule has 0 radical (unpaired) electrons. The number of carbonyl (C=O) groups excluding carboxylic acids is 4. The van der Waals surface area contributed by atoms with E-state index in [-0.39, 0.29) is 25.0 Å². The third kappa shape index (κ3) is 8.93. The summed E-state index contributed by atoms with van der Waals surface area (Å²) in [6, 6.07) is 22.7. The summed E-state index contributed by atoms with van der Waals surface area (Å²) in [5.41, 5.74) is 4.26. The molecule has 3 aromatic rings. The summed E-state index contributed by atoms with van der Waals surface area (Å²) in [6.07, 6.45) is -2.18. The van der Waals surface area contributed by atoms with Crippen molar-refractivity contribution < 1.29 is 38.1 Å². The van der Waals surface area contributed by atoms with E-state index < -0.39 is 47.9 Å². The molecule has 0 bridgehead atoms. The molecule has 0 spiro atoms. The van der Waals surface area contributed by atoms with Crippen LogP contribution in [0.25, 0.3) is 11.1 Å². The summed E-state index contributed by atoms with van der Waals surface area (Å²) in [4.78, 5) is 54.4. The molecule has 10 nitrogen and oxygen atoms in total. The van der Waals surface area contributed by atoms with Gasteiger partial charge in [-0.3, -0.25) is 4.90 Å². The van der Waals surface area contributed by atoms with Crippen molar-refractivity contribution in [1.29, 1.82) is 0 Å². The van der Waals surface area contributed by atoms with Gasteiger partial charge in [0, 0.05) is 13.0 Å². The second-order valence-electron chi connectivity index (χ2n) is 13.1. The van der Waals surface area contributed by atoms with Gasteiger partial charge in [0.05, 0.1) is 0 Å². The first-order valence-electron chi connectivity index (χ1n) is 16.3. The normalized spacial score (nSPS) is 14.7. The Hall–Kier alpha value is -4.86. The summed E-state index contributed by atoms with van der Waals surface area (Å²) in [6.45, 7) is 10.3. The largest absolute Gasteiger partial charge is 0.459 e. The van der Waals surface area contributed by atoms with Crippen LogP contribution in [0.1, 0.15) is 70.6 Å². The van der Waals surface area contributed by atoms with Crippen LogP contribution in [0.2, 0.25) is 0 Å². The molecule has 0 heterocycles. The van der Waals surface area contributed by atoms with E-state index in [1.807, 2.05) is 68.4 Å². The maximum absolute atomic E-state index is 13.7. The van der Waals surface area contributed by atoms with Crippen molar-refractivity contribution >= 4 is 24.1 Å². The number of esters is 2. The fourth-order valence-corrected chi connectivity index (χ4v) is 5.75.